The molecule has 108 valence electrons. The van der Waals surface area contributed by atoms with E-state index >= 15 is 0 Å². The number of hydrogen-bond donors (Lipinski definition) is 2. The third-order valence-corrected chi connectivity index (χ3v) is 3.03. The Kier molecular flexibility index (Phi) is 6.84. The predicted molar refractivity (Wildman–Crippen MR) is 83.1 cm³/mol. The van der Waals surface area contributed by atoms with Gasteiger partial charge in [0.15, 0.2) is 0 Å². The lowest BCUT2D eigenvalue weighted by Gasteiger charge is -2.21. The van der Waals surface area contributed by atoms with E-state index in [4.69, 9.17) is 5.73 Å². The molecular weight excluding hydrogens is 274 g/mol. The Hall–Kier alpha value is -1.78. The topological polar surface area (TPSA) is 62.1 Å². The number of nitrogens with one attached hydrogen (secondary N) is 1. The van der Waals surface area contributed by atoms with Crippen LogP contribution in [0.3, 0.4) is 0 Å². The summed E-state index contributed by atoms with van der Waals surface area (Å²) in [5.41, 5.74) is 7.42. The molecule has 5 heteroatoms. The first-order valence-corrected chi connectivity index (χ1v) is 6.48. The SMILES string of the molecule is Cl.NCCN(CCc1ccccc1)C(=O)c1ccc[nH]1. The number of H-pyrrole nitrogens is 1. The lowest BCUT2D eigenvalue weighted by molar-refractivity contribution is 0.0757. The van der Waals surface area contributed by atoms with Crippen LogP contribution in [-0.2, 0) is 6.42 Å². The van der Waals surface area contributed by atoms with Gasteiger partial charge >= 0.3 is 0 Å². The molecule has 0 unspecified atom stereocenters. The van der Waals surface area contributed by atoms with Crippen LogP contribution in [0.15, 0.2) is 48.7 Å². The minimum Gasteiger partial charge on any atom is -0.357 e. The summed E-state index contributed by atoms with van der Waals surface area (Å²) in [5, 5.41) is 0. The van der Waals surface area contributed by atoms with Crippen LogP contribution in [0.1, 0.15) is 16.1 Å². The van der Waals surface area contributed by atoms with E-state index in [1.807, 2.05) is 24.3 Å². The van der Waals surface area contributed by atoms with Crippen molar-refractivity contribution in [2.24, 2.45) is 5.73 Å². The van der Waals surface area contributed by atoms with Gasteiger partial charge in [0.1, 0.15) is 5.69 Å². The van der Waals surface area contributed by atoms with Gasteiger partial charge in [0.2, 0.25) is 0 Å². The minimum absolute atomic E-state index is 0. The van der Waals surface area contributed by atoms with Crippen molar-refractivity contribution in [1.29, 1.82) is 0 Å². The second-order valence-electron chi connectivity index (χ2n) is 4.40. The molecule has 2 rings (SSSR count). The fourth-order valence-corrected chi connectivity index (χ4v) is 2.01. The van der Waals surface area contributed by atoms with Crippen LogP contribution in [-0.4, -0.2) is 35.4 Å². The summed E-state index contributed by atoms with van der Waals surface area (Å²) in [4.78, 5) is 17.0. The van der Waals surface area contributed by atoms with Crippen LogP contribution < -0.4 is 5.73 Å². The maximum absolute atomic E-state index is 12.3. The first-order valence-electron chi connectivity index (χ1n) is 6.48. The summed E-state index contributed by atoms with van der Waals surface area (Å²) in [6.45, 7) is 1.73. The minimum atomic E-state index is 0. The number of hydrogen-bond acceptors (Lipinski definition) is 2. The number of nitrogens with two attached hydrogens (primary N) is 1. The zero-order valence-electron chi connectivity index (χ0n) is 11.3. The van der Waals surface area contributed by atoms with Crippen molar-refractivity contribution in [1.82, 2.24) is 9.88 Å². The Morgan fingerprint density at radius 1 is 1.10 bits per heavy atom. The Labute approximate surface area is 125 Å². The number of aromatic amines is 1. The molecule has 0 fully saturated rings. The molecule has 3 N–H and O–H groups in total. The molecule has 0 aliphatic rings. The molecule has 0 aliphatic carbocycles. The molecule has 0 saturated carbocycles. The number of benzene rings is 1. The molecule has 1 amide bonds. The van der Waals surface area contributed by atoms with Gasteiger partial charge in [0.05, 0.1) is 0 Å². The van der Waals surface area contributed by atoms with Crippen LogP contribution in [0.25, 0.3) is 0 Å². The standard InChI is InChI=1S/C15H19N3O.ClH/c16-9-12-18(15(19)14-7-4-10-17-14)11-8-13-5-2-1-3-6-13;/h1-7,10,17H,8-9,11-12,16H2;1H. The molecule has 1 aromatic heterocycles. The van der Waals surface area contributed by atoms with Crippen molar-refractivity contribution >= 4 is 18.3 Å². The number of halogens is 1. The molecule has 0 aliphatic heterocycles. The van der Waals surface area contributed by atoms with Crippen LogP contribution in [0.2, 0.25) is 0 Å². The molecule has 0 saturated heterocycles. The van der Waals surface area contributed by atoms with E-state index in [0.717, 1.165) is 6.42 Å². The van der Waals surface area contributed by atoms with Crippen molar-refractivity contribution in [3.05, 3.63) is 59.9 Å². The van der Waals surface area contributed by atoms with Gasteiger partial charge in [-0.2, -0.15) is 0 Å². The maximum atomic E-state index is 12.3. The predicted octanol–water partition coefficient (Wildman–Crippen LogP) is 2.08. The van der Waals surface area contributed by atoms with Gasteiger partial charge in [-0.25, -0.2) is 0 Å². The van der Waals surface area contributed by atoms with Crippen molar-refractivity contribution in [2.45, 2.75) is 6.42 Å². The van der Waals surface area contributed by atoms with E-state index in [2.05, 4.69) is 17.1 Å². The molecule has 20 heavy (non-hydrogen) atoms. The smallest absolute Gasteiger partial charge is 0.270 e. The van der Waals surface area contributed by atoms with Crippen molar-refractivity contribution < 1.29 is 4.79 Å². The number of rotatable bonds is 6. The molecule has 1 heterocycles. The Balaban J connectivity index is 0.00000200. The van der Waals surface area contributed by atoms with Gasteiger partial charge < -0.3 is 15.6 Å². The second-order valence-corrected chi connectivity index (χ2v) is 4.40. The molecular formula is C15H20ClN3O. The van der Waals surface area contributed by atoms with Gasteiger partial charge in [0, 0.05) is 25.8 Å². The number of carbonyl (C=O) groups is 1. The summed E-state index contributed by atoms with van der Waals surface area (Å²) in [6, 6.07) is 13.8. The highest BCUT2D eigenvalue weighted by Crippen LogP contribution is 2.05. The van der Waals surface area contributed by atoms with E-state index in [1.165, 1.54) is 5.56 Å². The zero-order chi connectivity index (χ0) is 13.5. The third-order valence-electron chi connectivity index (χ3n) is 3.03. The summed E-state index contributed by atoms with van der Waals surface area (Å²) in [6.07, 6.45) is 2.60. The highest BCUT2D eigenvalue weighted by atomic mass is 35.5. The average molecular weight is 294 g/mol. The quantitative estimate of drug-likeness (QED) is 0.856. The highest BCUT2D eigenvalue weighted by Gasteiger charge is 2.15. The van der Waals surface area contributed by atoms with Gasteiger partial charge in [-0.1, -0.05) is 30.3 Å². The summed E-state index contributed by atoms with van der Waals surface area (Å²) < 4.78 is 0. The summed E-state index contributed by atoms with van der Waals surface area (Å²) in [5.74, 6) is 0.00591. The van der Waals surface area contributed by atoms with E-state index in [1.54, 1.807) is 17.2 Å². The fourth-order valence-electron chi connectivity index (χ4n) is 2.01. The largest absolute Gasteiger partial charge is 0.357 e. The monoisotopic (exact) mass is 293 g/mol. The first kappa shape index (κ1) is 16.3. The lowest BCUT2D eigenvalue weighted by atomic mass is 10.1. The number of nitrogens with zero attached hydrogens (tertiary/aromatic N) is 1. The molecule has 0 bridgehead atoms. The fraction of sp³-hybridized carbons (Fsp3) is 0.267. The Bertz CT molecular complexity index is 499. The average Bonchev–Trinajstić information content (AvgIpc) is 2.98. The summed E-state index contributed by atoms with van der Waals surface area (Å²) >= 11 is 0. The van der Waals surface area contributed by atoms with Gasteiger partial charge in [-0.05, 0) is 24.1 Å². The van der Waals surface area contributed by atoms with E-state index in [9.17, 15) is 4.79 Å². The van der Waals surface area contributed by atoms with Crippen molar-refractivity contribution in [2.75, 3.05) is 19.6 Å². The first-order chi connectivity index (χ1) is 9.31. The van der Waals surface area contributed by atoms with E-state index in [0.29, 0.717) is 25.3 Å². The number of carbonyl (C=O) groups excluding carboxylic acids is 1. The van der Waals surface area contributed by atoms with Crippen LogP contribution in [0, 0.1) is 0 Å². The van der Waals surface area contributed by atoms with Crippen LogP contribution in [0.5, 0.6) is 0 Å². The van der Waals surface area contributed by atoms with Crippen molar-refractivity contribution in [3.63, 3.8) is 0 Å². The van der Waals surface area contributed by atoms with Gasteiger partial charge in [-0.3, -0.25) is 4.79 Å². The second kappa shape index (κ2) is 8.40. The number of amides is 1. The Morgan fingerprint density at radius 2 is 1.85 bits per heavy atom. The molecule has 4 nitrogen and oxygen atoms in total. The van der Waals surface area contributed by atoms with Crippen LogP contribution >= 0.6 is 12.4 Å². The highest BCUT2D eigenvalue weighted by molar-refractivity contribution is 5.92. The summed E-state index contributed by atoms with van der Waals surface area (Å²) in [7, 11) is 0. The zero-order valence-corrected chi connectivity index (χ0v) is 12.1. The molecule has 1 aromatic carbocycles. The van der Waals surface area contributed by atoms with E-state index in [-0.39, 0.29) is 18.3 Å². The lowest BCUT2D eigenvalue weighted by Crippen LogP contribution is -2.37. The molecule has 2 aromatic rings. The Morgan fingerprint density at radius 3 is 2.45 bits per heavy atom. The van der Waals surface area contributed by atoms with Gasteiger partial charge in [-0.15, -0.1) is 12.4 Å². The maximum Gasteiger partial charge on any atom is 0.270 e. The van der Waals surface area contributed by atoms with E-state index < -0.39 is 0 Å². The third kappa shape index (κ3) is 4.40. The van der Waals surface area contributed by atoms with Crippen LogP contribution in [0.4, 0.5) is 0 Å². The van der Waals surface area contributed by atoms with Crippen molar-refractivity contribution in [3.8, 4) is 0 Å². The molecule has 0 spiro atoms. The number of aromatic nitrogens is 1. The molecule has 0 radical (unpaired) electrons. The van der Waals surface area contributed by atoms with Gasteiger partial charge in [0.25, 0.3) is 5.91 Å². The molecule has 0 atom stereocenters. The normalized spacial score (nSPS) is 9.85.